The lowest BCUT2D eigenvalue weighted by Crippen LogP contribution is -3.00. The van der Waals surface area contributed by atoms with Gasteiger partial charge in [0.15, 0.2) is 9.79 Å². The van der Waals surface area contributed by atoms with Crippen molar-refractivity contribution in [1.82, 2.24) is 0 Å². The Bertz CT molecular complexity index is 1500. The molecule has 0 N–H and O–H groups in total. The molecule has 0 aromatic heterocycles. The minimum atomic E-state index is -0.222. The van der Waals surface area contributed by atoms with Crippen LogP contribution in [-0.2, 0) is 16.6 Å². The summed E-state index contributed by atoms with van der Waals surface area (Å²) < 4.78 is 27.0. The molecule has 33 heavy (non-hydrogen) atoms. The van der Waals surface area contributed by atoms with E-state index in [1.54, 1.807) is 23.9 Å². The molecule has 6 rings (SSSR count). The van der Waals surface area contributed by atoms with Crippen LogP contribution in [0.4, 0.5) is 8.78 Å². The highest BCUT2D eigenvalue weighted by molar-refractivity contribution is 7.99. The Kier molecular flexibility index (Phi) is 5.86. The highest BCUT2D eigenvalue weighted by Crippen LogP contribution is 2.48. The second kappa shape index (κ2) is 8.68. The molecule has 1 heterocycles. The molecule has 1 aliphatic rings. The van der Waals surface area contributed by atoms with Gasteiger partial charge in [0, 0.05) is 26.1 Å². The Balaban J connectivity index is 0.00000228. The molecule has 0 fully saturated rings. The lowest BCUT2D eigenvalue weighted by atomic mass is 9.93. The molecular weight excluding hydrogens is 474 g/mol. The number of fused-ring (bicyclic) bond motifs is 2. The maximum atomic E-state index is 13.6. The van der Waals surface area contributed by atoms with Gasteiger partial charge in [0.1, 0.15) is 17.4 Å². The van der Waals surface area contributed by atoms with Gasteiger partial charge in [-0.05, 0) is 83.9 Å². The van der Waals surface area contributed by atoms with Crippen LogP contribution >= 0.6 is 11.8 Å². The molecule has 1 unspecified atom stereocenters. The van der Waals surface area contributed by atoms with Crippen molar-refractivity contribution in [2.45, 2.75) is 32.3 Å². The third-order valence-corrected chi connectivity index (χ3v) is 9.52. The van der Waals surface area contributed by atoms with Crippen molar-refractivity contribution < 1.29 is 21.2 Å². The van der Waals surface area contributed by atoms with E-state index in [0.29, 0.717) is 0 Å². The molecule has 5 heteroatoms. The maximum Gasteiger partial charge on any atom is 0.169 e. The Morgan fingerprint density at radius 3 is 2.03 bits per heavy atom. The molecule has 1 aliphatic heterocycles. The normalized spacial score (nSPS) is 14.6. The van der Waals surface area contributed by atoms with Gasteiger partial charge in [-0.3, -0.25) is 0 Å². The number of benzene rings is 5. The first-order valence-electron chi connectivity index (χ1n) is 10.5. The van der Waals surface area contributed by atoms with E-state index in [9.17, 15) is 8.78 Å². The van der Waals surface area contributed by atoms with Crippen molar-refractivity contribution in [2.75, 3.05) is 0 Å². The third kappa shape index (κ3) is 3.71. The number of hydrogen-bond acceptors (Lipinski definition) is 1. The first-order valence-corrected chi connectivity index (χ1v) is 12.7. The fraction of sp³-hybridized carbons (Fsp3) is 0.0714. The van der Waals surface area contributed by atoms with Gasteiger partial charge in [0.2, 0.25) is 0 Å². The van der Waals surface area contributed by atoms with Crippen molar-refractivity contribution in [1.29, 1.82) is 0 Å². The van der Waals surface area contributed by atoms with E-state index in [2.05, 4.69) is 43.3 Å². The summed E-state index contributed by atoms with van der Waals surface area (Å²) in [5, 5.41) is 5.20. The highest BCUT2D eigenvalue weighted by Gasteiger charge is 2.38. The van der Waals surface area contributed by atoms with E-state index in [1.165, 1.54) is 59.5 Å². The second-order valence-electron chi connectivity index (χ2n) is 8.01. The minimum absolute atomic E-state index is 0. The molecule has 0 saturated heterocycles. The lowest BCUT2D eigenvalue weighted by molar-refractivity contribution is -0.00000739. The number of rotatable bonds is 3. The van der Waals surface area contributed by atoms with Crippen LogP contribution in [0, 0.1) is 18.6 Å². The predicted molar refractivity (Wildman–Crippen MR) is 131 cm³/mol. The van der Waals surface area contributed by atoms with Crippen molar-refractivity contribution in [2.24, 2.45) is 0 Å². The van der Waals surface area contributed by atoms with Crippen LogP contribution in [0.25, 0.3) is 21.5 Å². The van der Waals surface area contributed by atoms with Gasteiger partial charge < -0.3 is 12.4 Å². The highest BCUT2D eigenvalue weighted by atomic mass is 35.5. The van der Waals surface area contributed by atoms with Crippen LogP contribution in [0.1, 0.15) is 11.1 Å². The third-order valence-electron chi connectivity index (χ3n) is 6.16. The lowest BCUT2D eigenvalue weighted by Gasteiger charge is -2.13. The standard InChI is InChI=1S/C28H19F2S2.ClH/c1-17-22-4-2-6-25(31-20-12-8-18(29)9-13-20)27(22)24-16-32(21-14-10-19(30)11-15-21)26-7-3-5-23(17)28(24)26;/h2-15H,16H2,1H3;1H/q+1;/p-1. The van der Waals surface area contributed by atoms with Gasteiger partial charge in [0.05, 0.1) is 10.9 Å². The summed E-state index contributed by atoms with van der Waals surface area (Å²) in [4.78, 5) is 4.72. The fourth-order valence-electron chi connectivity index (χ4n) is 4.68. The number of aryl methyl sites for hydroxylation is 1. The summed E-state index contributed by atoms with van der Waals surface area (Å²) in [6.07, 6.45) is 0. The average molecular weight is 493 g/mol. The van der Waals surface area contributed by atoms with Gasteiger partial charge >= 0.3 is 0 Å². The van der Waals surface area contributed by atoms with E-state index >= 15 is 0 Å². The molecule has 0 bridgehead atoms. The molecule has 5 aromatic carbocycles. The molecule has 0 aliphatic carbocycles. The molecule has 5 aromatic rings. The molecule has 0 spiro atoms. The summed E-state index contributed by atoms with van der Waals surface area (Å²) >= 11 is 1.68. The van der Waals surface area contributed by atoms with Crippen molar-refractivity contribution >= 4 is 44.2 Å². The van der Waals surface area contributed by atoms with E-state index < -0.39 is 0 Å². The van der Waals surface area contributed by atoms with Gasteiger partial charge in [-0.25, -0.2) is 8.78 Å². The van der Waals surface area contributed by atoms with Crippen LogP contribution in [-0.4, -0.2) is 0 Å². The van der Waals surface area contributed by atoms with Gasteiger partial charge in [0.25, 0.3) is 0 Å². The van der Waals surface area contributed by atoms with Crippen molar-refractivity contribution in [3.8, 4) is 0 Å². The minimum Gasteiger partial charge on any atom is -1.00 e. The van der Waals surface area contributed by atoms with Gasteiger partial charge in [-0.2, -0.15) is 0 Å². The summed E-state index contributed by atoms with van der Waals surface area (Å²) in [5.74, 6) is 0.492. The molecule has 0 amide bonds. The fourth-order valence-corrected chi connectivity index (χ4v) is 8.02. The molecule has 0 saturated carbocycles. The summed E-state index contributed by atoms with van der Waals surface area (Å²) in [5.41, 5.74) is 2.65. The molecule has 1 atom stereocenters. The Morgan fingerprint density at radius 1 is 0.727 bits per heavy atom. The van der Waals surface area contributed by atoms with Crippen molar-refractivity contribution in [3.63, 3.8) is 0 Å². The van der Waals surface area contributed by atoms with E-state index in [4.69, 9.17) is 0 Å². The SMILES string of the molecule is Cc1c2cccc(Sc3ccc(F)cc3)c2c2c3c(cccc13)[S+](c1ccc(F)cc1)C2.[Cl-]. The van der Waals surface area contributed by atoms with Crippen LogP contribution in [0.2, 0.25) is 0 Å². The monoisotopic (exact) mass is 492 g/mol. The second-order valence-corrected chi connectivity index (χ2v) is 11.1. The molecular formula is C28H19ClF2S2. The maximum absolute atomic E-state index is 13.6. The largest absolute Gasteiger partial charge is 1.00 e. The zero-order chi connectivity index (χ0) is 21.8. The van der Waals surface area contributed by atoms with E-state index in [1.807, 2.05) is 24.3 Å². The smallest absolute Gasteiger partial charge is 0.169 e. The van der Waals surface area contributed by atoms with Crippen LogP contribution in [0.5, 0.6) is 0 Å². The summed E-state index contributed by atoms with van der Waals surface area (Å²) in [6.45, 7) is 2.20. The number of halogens is 3. The molecule has 0 nitrogen and oxygen atoms in total. The predicted octanol–water partition coefficient (Wildman–Crippen LogP) is 5.28. The summed E-state index contributed by atoms with van der Waals surface area (Å²) in [7, 11) is -0.130. The van der Waals surface area contributed by atoms with Crippen LogP contribution in [0.15, 0.2) is 105 Å². The first-order chi connectivity index (χ1) is 15.6. The van der Waals surface area contributed by atoms with Crippen LogP contribution in [0.3, 0.4) is 0 Å². The van der Waals surface area contributed by atoms with E-state index in [-0.39, 0.29) is 34.9 Å². The zero-order valence-electron chi connectivity index (χ0n) is 17.7. The molecule has 0 radical (unpaired) electrons. The topological polar surface area (TPSA) is 0 Å². The molecule has 164 valence electrons. The van der Waals surface area contributed by atoms with E-state index in [0.717, 1.165) is 10.6 Å². The Morgan fingerprint density at radius 2 is 1.33 bits per heavy atom. The first kappa shape index (κ1) is 22.3. The quantitative estimate of drug-likeness (QED) is 0.244. The van der Waals surface area contributed by atoms with Crippen molar-refractivity contribution in [3.05, 3.63) is 108 Å². The zero-order valence-corrected chi connectivity index (χ0v) is 20.1. The average Bonchev–Trinajstić information content (AvgIpc) is 3.20. The summed E-state index contributed by atoms with van der Waals surface area (Å²) in [6, 6.07) is 26.7. The Labute approximate surface area is 204 Å². The van der Waals surface area contributed by atoms with Crippen LogP contribution < -0.4 is 12.4 Å². The van der Waals surface area contributed by atoms with Gasteiger partial charge in [-0.1, -0.05) is 36.0 Å². The Hall–Kier alpha value is -2.53. The number of hydrogen-bond donors (Lipinski definition) is 0. The van der Waals surface area contributed by atoms with Gasteiger partial charge in [-0.15, -0.1) is 0 Å².